The van der Waals surface area contributed by atoms with Gasteiger partial charge in [-0.25, -0.2) is 8.78 Å². The summed E-state index contributed by atoms with van der Waals surface area (Å²) < 4.78 is 27.3. The van der Waals surface area contributed by atoms with E-state index >= 15 is 0 Å². The zero-order chi connectivity index (χ0) is 13.1. The van der Waals surface area contributed by atoms with Crippen molar-refractivity contribution >= 4 is 21.6 Å². The lowest BCUT2D eigenvalue weighted by atomic mass is 10.2. The highest BCUT2D eigenvalue weighted by molar-refractivity contribution is 9.10. The van der Waals surface area contributed by atoms with Crippen LogP contribution in [0.4, 0.5) is 14.5 Å². The van der Waals surface area contributed by atoms with E-state index < -0.39 is 11.6 Å². The number of anilines is 1. The van der Waals surface area contributed by atoms with Crippen LogP contribution in [-0.2, 0) is 6.54 Å². The minimum atomic E-state index is -0.713. The predicted molar refractivity (Wildman–Crippen MR) is 69.5 cm³/mol. The molecule has 18 heavy (non-hydrogen) atoms. The van der Waals surface area contributed by atoms with Gasteiger partial charge in [-0.3, -0.25) is 0 Å². The van der Waals surface area contributed by atoms with E-state index in [4.69, 9.17) is 5.11 Å². The van der Waals surface area contributed by atoms with Gasteiger partial charge >= 0.3 is 0 Å². The van der Waals surface area contributed by atoms with Crippen molar-refractivity contribution in [2.75, 3.05) is 5.32 Å². The zero-order valence-electron chi connectivity index (χ0n) is 9.25. The Morgan fingerprint density at radius 1 is 1.06 bits per heavy atom. The number of hydrogen-bond acceptors (Lipinski definition) is 2. The molecule has 2 aromatic rings. The second-order valence-electron chi connectivity index (χ2n) is 3.76. The number of phenols is 1. The molecule has 0 aromatic heterocycles. The van der Waals surface area contributed by atoms with E-state index in [-0.39, 0.29) is 12.4 Å². The summed E-state index contributed by atoms with van der Waals surface area (Å²) in [5.74, 6) is -1.45. The van der Waals surface area contributed by atoms with Crippen LogP contribution in [0, 0.1) is 11.6 Å². The van der Waals surface area contributed by atoms with Crippen molar-refractivity contribution in [2.24, 2.45) is 0 Å². The Morgan fingerprint density at radius 3 is 2.56 bits per heavy atom. The maximum atomic E-state index is 13.4. The van der Waals surface area contributed by atoms with E-state index in [1.54, 1.807) is 12.1 Å². The highest BCUT2D eigenvalue weighted by Crippen LogP contribution is 2.21. The fraction of sp³-hybridized carbons (Fsp3) is 0.0769. The second kappa shape index (κ2) is 5.35. The highest BCUT2D eigenvalue weighted by atomic mass is 79.9. The molecular formula is C13H10BrF2NO. The molecule has 0 radical (unpaired) electrons. The summed E-state index contributed by atoms with van der Waals surface area (Å²) >= 11 is 3.26. The topological polar surface area (TPSA) is 32.3 Å². The fourth-order valence-corrected chi connectivity index (χ4v) is 1.90. The summed E-state index contributed by atoms with van der Waals surface area (Å²) in [6, 6.07) is 8.55. The lowest BCUT2D eigenvalue weighted by molar-refractivity contribution is 0.432. The van der Waals surface area contributed by atoms with Crippen molar-refractivity contribution in [3.63, 3.8) is 0 Å². The first kappa shape index (κ1) is 12.8. The van der Waals surface area contributed by atoms with Gasteiger partial charge in [0.25, 0.3) is 0 Å². The maximum Gasteiger partial charge on any atom is 0.166 e. The fourth-order valence-electron chi connectivity index (χ4n) is 1.49. The zero-order valence-corrected chi connectivity index (χ0v) is 10.8. The van der Waals surface area contributed by atoms with Crippen molar-refractivity contribution < 1.29 is 13.9 Å². The van der Waals surface area contributed by atoms with Crippen LogP contribution in [0.15, 0.2) is 40.9 Å². The molecule has 94 valence electrons. The summed E-state index contributed by atoms with van der Waals surface area (Å²) in [7, 11) is 0. The molecule has 0 aliphatic heterocycles. The van der Waals surface area contributed by atoms with Gasteiger partial charge in [-0.05, 0) is 30.3 Å². The quantitative estimate of drug-likeness (QED) is 0.838. The summed E-state index contributed by atoms with van der Waals surface area (Å²) in [5.41, 5.74) is 0.947. The number of rotatable bonds is 3. The third kappa shape index (κ3) is 2.98. The Morgan fingerprint density at radius 2 is 1.83 bits per heavy atom. The van der Waals surface area contributed by atoms with Crippen LogP contribution in [0.1, 0.15) is 5.56 Å². The summed E-state index contributed by atoms with van der Waals surface area (Å²) in [5, 5.41) is 11.9. The first-order valence-corrected chi connectivity index (χ1v) is 6.02. The molecule has 0 unspecified atom stereocenters. The Hall–Kier alpha value is -1.62. The first-order chi connectivity index (χ1) is 8.56. The first-order valence-electron chi connectivity index (χ1n) is 5.22. The van der Waals surface area contributed by atoms with Gasteiger partial charge in [0.2, 0.25) is 0 Å². The molecule has 0 aliphatic rings. The number of aromatic hydroxyl groups is 1. The molecule has 0 atom stereocenters. The van der Waals surface area contributed by atoms with Gasteiger partial charge in [-0.2, -0.15) is 0 Å². The monoisotopic (exact) mass is 313 g/mol. The van der Waals surface area contributed by atoms with Crippen molar-refractivity contribution in [2.45, 2.75) is 6.54 Å². The molecule has 0 fully saturated rings. The third-order valence-electron chi connectivity index (χ3n) is 2.44. The average molecular weight is 314 g/mol. The van der Waals surface area contributed by atoms with E-state index in [1.165, 1.54) is 18.2 Å². The van der Waals surface area contributed by atoms with Gasteiger partial charge in [-0.15, -0.1) is 0 Å². The van der Waals surface area contributed by atoms with Crippen LogP contribution >= 0.6 is 15.9 Å². The minimum Gasteiger partial charge on any atom is -0.505 e. The molecule has 0 saturated carbocycles. The molecule has 0 bridgehead atoms. The van der Waals surface area contributed by atoms with Crippen molar-refractivity contribution in [3.8, 4) is 5.75 Å². The van der Waals surface area contributed by atoms with Crippen LogP contribution in [-0.4, -0.2) is 5.11 Å². The van der Waals surface area contributed by atoms with Crippen LogP contribution in [0.5, 0.6) is 5.75 Å². The number of phenolic OH excluding ortho intramolecular Hbond substituents is 1. The van der Waals surface area contributed by atoms with E-state index in [0.717, 1.165) is 10.5 Å². The van der Waals surface area contributed by atoms with Crippen molar-refractivity contribution in [1.82, 2.24) is 0 Å². The Balaban J connectivity index is 2.11. The standard InChI is InChI=1S/C13H10BrF2NO/c14-9-1-3-11(15)8(5-9)7-17-10-2-4-13(18)12(16)6-10/h1-6,17-18H,7H2. The van der Waals surface area contributed by atoms with Crippen LogP contribution in [0.25, 0.3) is 0 Å². The molecule has 2 nitrogen and oxygen atoms in total. The molecule has 2 aromatic carbocycles. The summed E-state index contributed by atoms with van der Waals surface area (Å²) in [6.45, 7) is 0.232. The number of nitrogens with one attached hydrogen (secondary N) is 1. The molecule has 0 amide bonds. The molecule has 0 spiro atoms. The lowest BCUT2D eigenvalue weighted by Gasteiger charge is -2.08. The normalized spacial score (nSPS) is 10.4. The van der Waals surface area contributed by atoms with Crippen molar-refractivity contribution in [3.05, 3.63) is 58.1 Å². The predicted octanol–water partition coefficient (Wildman–Crippen LogP) is 4.05. The van der Waals surface area contributed by atoms with E-state index in [1.807, 2.05) is 0 Å². The molecule has 0 aliphatic carbocycles. The molecule has 2 rings (SSSR count). The smallest absolute Gasteiger partial charge is 0.166 e. The number of benzene rings is 2. The Kier molecular flexibility index (Phi) is 3.81. The molecule has 0 heterocycles. The summed E-state index contributed by atoms with van der Waals surface area (Å²) in [6.07, 6.45) is 0. The number of halogens is 3. The van der Waals surface area contributed by atoms with Gasteiger partial charge in [0.05, 0.1) is 0 Å². The summed E-state index contributed by atoms with van der Waals surface area (Å²) in [4.78, 5) is 0. The lowest BCUT2D eigenvalue weighted by Crippen LogP contribution is -2.02. The van der Waals surface area contributed by atoms with Gasteiger partial charge < -0.3 is 10.4 Å². The Bertz CT molecular complexity index is 575. The highest BCUT2D eigenvalue weighted by Gasteiger charge is 2.04. The van der Waals surface area contributed by atoms with E-state index in [2.05, 4.69) is 21.2 Å². The molecule has 2 N–H and O–H groups in total. The Labute approximate surface area is 111 Å². The second-order valence-corrected chi connectivity index (χ2v) is 4.67. The van der Waals surface area contributed by atoms with Gasteiger partial charge in [0.15, 0.2) is 11.6 Å². The van der Waals surface area contributed by atoms with Gasteiger partial charge in [0.1, 0.15) is 5.82 Å². The third-order valence-corrected chi connectivity index (χ3v) is 2.93. The van der Waals surface area contributed by atoms with Crippen LogP contribution < -0.4 is 5.32 Å². The maximum absolute atomic E-state index is 13.4. The van der Waals surface area contributed by atoms with E-state index in [9.17, 15) is 8.78 Å². The van der Waals surface area contributed by atoms with Crippen LogP contribution in [0.2, 0.25) is 0 Å². The van der Waals surface area contributed by atoms with E-state index in [0.29, 0.717) is 11.3 Å². The molecule has 5 heteroatoms. The van der Waals surface area contributed by atoms with Gasteiger partial charge in [0, 0.05) is 28.3 Å². The SMILES string of the molecule is Oc1ccc(NCc2cc(Br)ccc2F)cc1F. The molecule has 0 saturated heterocycles. The number of hydrogen-bond donors (Lipinski definition) is 2. The van der Waals surface area contributed by atoms with Crippen molar-refractivity contribution in [1.29, 1.82) is 0 Å². The van der Waals surface area contributed by atoms with Crippen LogP contribution in [0.3, 0.4) is 0 Å². The largest absolute Gasteiger partial charge is 0.505 e. The molecular weight excluding hydrogens is 304 g/mol. The minimum absolute atomic E-state index is 0.232. The average Bonchev–Trinajstić information content (AvgIpc) is 2.34. The van der Waals surface area contributed by atoms with Gasteiger partial charge in [-0.1, -0.05) is 15.9 Å².